The van der Waals surface area contributed by atoms with Crippen LogP contribution < -0.4 is 4.90 Å². The average molecular weight is 370 g/mol. The summed E-state index contributed by atoms with van der Waals surface area (Å²) in [6.45, 7) is 0.833. The molecule has 1 N–H and O–H groups in total. The number of benzene rings is 1. The molecule has 1 aliphatic rings. The van der Waals surface area contributed by atoms with Gasteiger partial charge in [0.05, 0.1) is 17.4 Å². The van der Waals surface area contributed by atoms with E-state index in [1.54, 1.807) is 6.07 Å². The number of halogens is 1. The molecule has 0 aliphatic carbocycles. The highest BCUT2D eigenvalue weighted by Crippen LogP contribution is 2.27. The largest absolute Gasteiger partial charge is 0.391 e. The zero-order valence-electron chi connectivity index (χ0n) is 13.6. The first kappa shape index (κ1) is 17.4. The number of hydrogen-bond donors (Lipinski definition) is 1. The third kappa shape index (κ3) is 3.49. The van der Waals surface area contributed by atoms with E-state index in [4.69, 9.17) is 11.6 Å². The Hall–Kier alpha value is -1.41. The van der Waals surface area contributed by atoms with Crippen LogP contribution in [0.1, 0.15) is 0 Å². The van der Waals surface area contributed by atoms with Crippen LogP contribution >= 0.6 is 11.6 Å². The molecule has 1 aliphatic heterocycles. The number of hydrogen-bond acceptors (Lipinski definition) is 5. The fraction of sp³-hybridized carbons (Fsp3) is 0.438. The van der Waals surface area contributed by atoms with E-state index in [9.17, 15) is 13.5 Å². The Morgan fingerprint density at radius 3 is 2.75 bits per heavy atom. The maximum Gasteiger partial charge on any atom is 0.214 e. The van der Waals surface area contributed by atoms with Gasteiger partial charge in [0.1, 0.15) is 5.82 Å². The number of pyridine rings is 1. The zero-order chi connectivity index (χ0) is 17.5. The molecule has 0 radical (unpaired) electrons. The van der Waals surface area contributed by atoms with Crippen LogP contribution in [0.5, 0.6) is 0 Å². The molecule has 1 aromatic heterocycles. The van der Waals surface area contributed by atoms with Gasteiger partial charge < -0.3 is 10.0 Å². The minimum Gasteiger partial charge on any atom is -0.391 e. The van der Waals surface area contributed by atoms with Gasteiger partial charge in [-0.2, -0.15) is 0 Å². The van der Waals surface area contributed by atoms with Crippen molar-refractivity contribution in [1.82, 2.24) is 9.29 Å². The second kappa shape index (κ2) is 6.48. The highest BCUT2D eigenvalue weighted by molar-refractivity contribution is 7.89. The van der Waals surface area contributed by atoms with E-state index >= 15 is 0 Å². The molecule has 2 heterocycles. The Morgan fingerprint density at radius 2 is 2.04 bits per heavy atom. The summed E-state index contributed by atoms with van der Waals surface area (Å²) in [4.78, 5) is 6.52. The van der Waals surface area contributed by atoms with Crippen molar-refractivity contribution in [2.45, 2.75) is 6.10 Å². The lowest BCUT2D eigenvalue weighted by atomic mass is 10.1. The third-order valence-electron chi connectivity index (χ3n) is 4.35. The zero-order valence-corrected chi connectivity index (χ0v) is 15.1. The number of nitrogens with zero attached hydrogens (tertiary/aromatic N) is 3. The first-order chi connectivity index (χ1) is 11.3. The van der Waals surface area contributed by atoms with Crippen LogP contribution in [0.3, 0.4) is 0 Å². The quantitative estimate of drug-likeness (QED) is 0.885. The van der Waals surface area contributed by atoms with Crippen LogP contribution in [0.4, 0.5) is 5.82 Å². The highest BCUT2D eigenvalue weighted by atomic mass is 35.5. The average Bonchev–Trinajstić information content (AvgIpc) is 2.87. The van der Waals surface area contributed by atoms with Crippen LogP contribution in [0, 0.1) is 5.92 Å². The predicted molar refractivity (Wildman–Crippen MR) is 95.9 cm³/mol. The van der Waals surface area contributed by atoms with Gasteiger partial charge in [-0.05, 0) is 30.3 Å². The van der Waals surface area contributed by atoms with E-state index in [1.807, 2.05) is 29.2 Å². The summed E-state index contributed by atoms with van der Waals surface area (Å²) in [5, 5.41) is 11.8. The van der Waals surface area contributed by atoms with E-state index in [2.05, 4.69) is 4.98 Å². The molecule has 1 fully saturated rings. The summed E-state index contributed by atoms with van der Waals surface area (Å²) in [6.07, 6.45) is -0.692. The normalized spacial score (nSPS) is 21.8. The van der Waals surface area contributed by atoms with Crippen LogP contribution in [0.25, 0.3) is 10.9 Å². The standard InChI is InChI=1S/C16H20ClN3O3S/c1-19(2)24(22,23)10-12-8-20(9-15(12)21)16-6-3-11-7-13(17)4-5-14(11)18-16/h3-7,12,15,21H,8-10H2,1-2H3/t12-,15+/m0/s1. The van der Waals surface area contributed by atoms with E-state index in [1.165, 1.54) is 18.4 Å². The molecule has 8 heteroatoms. The van der Waals surface area contributed by atoms with Crippen molar-refractivity contribution in [3.63, 3.8) is 0 Å². The highest BCUT2D eigenvalue weighted by Gasteiger charge is 2.35. The van der Waals surface area contributed by atoms with E-state index in [0.29, 0.717) is 18.1 Å². The first-order valence-corrected chi connectivity index (χ1v) is 9.64. The molecule has 24 heavy (non-hydrogen) atoms. The topological polar surface area (TPSA) is 73.7 Å². The van der Waals surface area contributed by atoms with Gasteiger partial charge in [0.2, 0.25) is 10.0 Å². The lowest BCUT2D eigenvalue weighted by molar-refractivity contribution is 0.157. The lowest BCUT2D eigenvalue weighted by Crippen LogP contribution is -2.33. The van der Waals surface area contributed by atoms with Gasteiger partial charge in [0.25, 0.3) is 0 Å². The molecule has 0 amide bonds. The molecule has 130 valence electrons. The Balaban J connectivity index is 1.80. The van der Waals surface area contributed by atoms with E-state index in [-0.39, 0.29) is 11.7 Å². The Labute approximate surface area is 146 Å². The third-order valence-corrected chi connectivity index (χ3v) is 6.55. The number of aromatic nitrogens is 1. The van der Waals surface area contributed by atoms with Crippen LogP contribution in [-0.2, 0) is 10.0 Å². The second-order valence-electron chi connectivity index (χ2n) is 6.30. The van der Waals surface area contributed by atoms with Crippen molar-refractivity contribution in [2.75, 3.05) is 37.8 Å². The molecule has 2 aromatic rings. The second-order valence-corrected chi connectivity index (χ2v) is 8.96. The van der Waals surface area contributed by atoms with Crippen LogP contribution in [0.2, 0.25) is 5.02 Å². The Kier molecular flexibility index (Phi) is 4.70. The number of aliphatic hydroxyl groups is 1. The van der Waals surface area contributed by atoms with Crippen molar-refractivity contribution < 1.29 is 13.5 Å². The lowest BCUT2D eigenvalue weighted by Gasteiger charge is -2.18. The number of β-amino-alcohol motifs (C(OH)–C–C–N with tert-alkyl or cyclic N) is 1. The number of sulfonamides is 1. The molecular weight excluding hydrogens is 350 g/mol. The van der Waals surface area contributed by atoms with Gasteiger partial charge in [0, 0.05) is 43.5 Å². The number of rotatable bonds is 4. The van der Waals surface area contributed by atoms with Gasteiger partial charge in [-0.25, -0.2) is 17.7 Å². The summed E-state index contributed by atoms with van der Waals surface area (Å²) in [5.74, 6) is 0.328. The van der Waals surface area contributed by atoms with Crippen molar-refractivity contribution in [2.24, 2.45) is 5.92 Å². The van der Waals surface area contributed by atoms with Crippen LogP contribution in [0.15, 0.2) is 30.3 Å². The number of fused-ring (bicyclic) bond motifs is 1. The van der Waals surface area contributed by atoms with Gasteiger partial charge in [-0.1, -0.05) is 11.6 Å². The molecule has 3 rings (SSSR count). The number of aliphatic hydroxyl groups excluding tert-OH is 1. The maximum atomic E-state index is 12.0. The van der Waals surface area contributed by atoms with Crippen LogP contribution in [-0.4, -0.2) is 61.9 Å². The minimum atomic E-state index is -3.35. The fourth-order valence-electron chi connectivity index (χ4n) is 2.89. The summed E-state index contributed by atoms with van der Waals surface area (Å²) in [7, 11) is -0.339. The fourth-order valence-corrected chi connectivity index (χ4v) is 4.23. The van der Waals surface area contributed by atoms with Crippen molar-refractivity contribution in [3.8, 4) is 0 Å². The molecule has 6 nitrogen and oxygen atoms in total. The minimum absolute atomic E-state index is 0.0686. The predicted octanol–water partition coefficient (Wildman–Crippen LogP) is 1.58. The first-order valence-electron chi connectivity index (χ1n) is 7.66. The van der Waals surface area contributed by atoms with Gasteiger partial charge in [-0.15, -0.1) is 0 Å². The number of anilines is 1. The molecule has 0 unspecified atom stereocenters. The molecule has 0 saturated carbocycles. The molecular formula is C16H20ClN3O3S. The molecule has 0 bridgehead atoms. The van der Waals surface area contributed by atoms with Gasteiger partial charge in [-0.3, -0.25) is 0 Å². The molecule has 1 aromatic carbocycles. The Morgan fingerprint density at radius 1 is 1.29 bits per heavy atom. The molecule has 1 saturated heterocycles. The monoisotopic (exact) mass is 369 g/mol. The summed E-state index contributed by atoms with van der Waals surface area (Å²) in [6, 6.07) is 9.28. The molecule has 0 spiro atoms. The summed E-state index contributed by atoms with van der Waals surface area (Å²) >= 11 is 5.98. The SMILES string of the molecule is CN(C)S(=O)(=O)C[C@@H]1CN(c2ccc3cc(Cl)ccc3n2)C[C@H]1O. The Bertz CT molecular complexity index is 857. The van der Waals surface area contributed by atoms with E-state index < -0.39 is 16.1 Å². The molecule has 2 atom stereocenters. The van der Waals surface area contributed by atoms with Gasteiger partial charge in [0.15, 0.2) is 0 Å². The van der Waals surface area contributed by atoms with Crippen molar-refractivity contribution in [3.05, 3.63) is 35.4 Å². The summed E-state index contributed by atoms with van der Waals surface area (Å²) in [5.41, 5.74) is 0.816. The van der Waals surface area contributed by atoms with Crippen molar-refractivity contribution >= 4 is 38.3 Å². The summed E-state index contributed by atoms with van der Waals surface area (Å²) < 4.78 is 25.3. The van der Waals surface area contributed by atoms with Gasteiger partial charge >= 0.3 is 0 Å². The van der Waals surface area contributed by atoms with E-state index in [0.717, 1.165) is 16.7 Å². The van der Waals surface area contributed by atoms with Crippen molar-refractivity contribution in [1.29, 1.82) is 0 Å². The maximum absolute atomic E-state index is 12.0. The smallest absolute Gasteiger partial charge is 0.214 e.